The zero-order valence-electron chi connectivity index (χ0n) is 17.2. The van der Waals surface area contributed by atoms with Crippen LogP contribution in [0, 0.1) is 0 Å². The number of nitrogens with one attached hydrogen (secondary N) is 1. The van der Waals surface area contributed by atoms with Gasteiger partial charge in [0.1, 0.15) is 5.75 Å². The molecule has 0 unspecified atom stereocenters. The van der Waals surface area contributed by atoms with Gasteiger partial charge >= 0.3 is 5.97 Å². The van der Waals surface area contributed by atoms with Gasteiger partial charge in [-0.2, -0.15) is 0 Å². The van der Waals surface area contributed by atoms with E-state index in [4.69, 9.17) is 21.1 Å². The number of carbonyl (C=O) groups excluding carboxylic acids is 3. The number of ether oxygens (including phenoxy) is 2. The van der Waals surface area contributed by atoms with E-state index in [1.54, 1.807) is 73.8 Å². The molecule has 3 aromatic rings. The molecule has 32 heavy (non-hydrogen) atoms. The van der Waals surface area contributed by atoms with Crippen molar-refractivity contribution in [3.8, 4) is 5.75 Å². The monoisotopic (exact) mass is 449 g/mol. The zero-order valence-corrected chi connectivity index (χ0v) is 18.0. The Hall–Kier alpha value is -3.90. The summed E-state index contributed by atoms with van der Waals surface area (Å²) in [5.74, 6) is -0.843. The fourth-order valence-electron chi connectivity index (χ4n) is 2.81. The number of esters is 1. The van der Waals surface area contributed by atoms with Crippen LogP contribution in [-0.4, -0.2) is 31.4 Å². The van der Waals surface area contributed by atoms with E-state index in [9.17, 15) is 14.4 Å². The summed E-state index contributed by atoms with van der Waals surface area (Å²) in [6, 6.07) is 20.3. The lowest BCUT2D eigenvalue weighted by Crippen LogP contribution is -2.21. The van der Waals surface area contributed by atoms with Gasteiger partial charge in [0.2, 0.25) is 0 Å². The number of anilines is 1. The minimum atomic E-state index is -0.673. The Bertz CT molecular complexity index is 1140. The van der Waals surface area contributed by atoms with Gasteiger partial charge in [-0.15, -0.1) is 0 Å². The maximum Gasteiger partial charge on any atom is 0.331 e. The van der Waals surface area contributed by atoms with Gasteiger partial charge in [-0.25, -0.2) is 4.79 Å². The zero-order chi connectivity index (χ0) is 22.9. The molecule has 162 valence electrons. The molecule has 0 atom stereocenters. The molecule has 1 N–H and O–H groups in total. The highest BCUT2D eigenvalue weighted by atomic mass is 35.5. The van der Waals surface area contributed by atoms with Crippen molar-refractivity contribution in [1.29, 1.82) is 0 Å². The summed E-state index contributed by atoms with van der Waals surface area (Å²) in [7, 11) is 1.57. The summed E-state index contributed by atoms with van der Waals surface area (Å²) in [4.78, 5) is 37.0. The molecule has 0 aliphatic rings. The molecule has 0 aliphatic carbocycles. The number of amides is 1. The average molecular weight is 450 g/mol. The van der Waals surface area contributed by atoms with Crippen molar-refractivity contribution in [1.82, 2.24) is 0 Å². The highest BCUT2D eigenvalue weighted by Gasteiger charge is 2.16. The number of hydrogen-bond acceptors (Lipinski definition) is 5. The second-order valence-corrected chi connectivity index (χ2v) is 7.08. The number of ketones is 1. The maximum absolute atomic E-state index is 12.8. The first kappa shape index (κ1) is 22.8. The first-order chi connectivity index (χ1) is 15.5. The lowest BCUT2D eigenvalue weighted by molar-refractivity contribution is -0.142. The average Bonchev–Trinajstić information content (AvgIpc) is 2.83. The SMILES string of the molecule is COc1ccc(/C=C/C(=O)OCC(=O)Nc2ccc(Cl)cc2C(=O)c2ccccc2)cc1. The van der Waals surface area contributed by atoms with Crippen LogP contribution in [-0.2, 0) is 14.3 Å². The molecule has 1 amide bonds. The second kappa shape index (κ2) is 10.9. The van der Waals surface area contributed by atoms with Gasteiger partial charge in [0.15, 0.2) is 12.4 Å². The van der Waals surface area contributed by atoms with Gasteiger partial charge in [-0.3, -0.25) is 9.59 Å². The van der Waals surface area contributed by atoms with Gasteiger partial charge < -0.3 is 14.8 Å². The molecule has 0 saturated heterocycles. The van der Waals surface area contributed by atoms with Crippen LogP contribution in [0.1, 0.15) is 21.5 Å². The van der Waals surface area contributed by atoms with Gasteiger partial charge in [-0.1, -0.05) is 54.1 Å². The predicted octanol–water partition coefficient (Wildman–Crippen LogP) is 4.77. The molecule has 0 radical (unpaired) electrons. The van der Waals surface area contributed by atoms with Crippen LogP contribution in [0.5, 0.6) is 5.75 Å². The van der Waals surface area contributed by atoms with Gasteiger partial charge in [0.05, 0.1) is 12.8 Å². The second-order valence-electron chi connectivity index (χ2n) is 6.65. The predicted molar refractivity (Wildman–Crippen MR) is 123 cm³/mol. The number of halogens is 1. The summed E-state index contributed by atoms with van der Waals surface area (Å²) in [6.07, 6.45) is 2.79. The smallest absolute Gasteiger partial charge is 0.331 e. The fraction of sp³-hybridized carbons (Fsp3) is 0.0800. The molecule has 0 aromatic heterocycles. The van der Waals surface area contributed by atoms with Crippen LogP contribution in [0.15, 0.2) is 78.9 Å². The Morgan fingerprint density at radius 2 is 1.69 bits per heavy atom. The van der Waals surface area contributed by atoms with Crippen molar-refractivity contribution in [3.63, 3.8) is 0 Å². The van der Waals surface area contributed by atoms with Crippen molar-refractivity contribution < 1.29 is 23.9 Å². The van der Waals surface area contributed by atoms with E-state index in [-0.39, 0.29) is 17.0 Å². The van der Waals surface area contributed by atoms with Crippen LogP contribution in [0.4, 0.5) is 5.69 Å². The first-order valence-electron chi connectivity index (χ1n) is 9.64. The summed E-state index contributed by atoms with van der Waals surface area (Å²) in [5.41, 5.74) is 1.75. The Morgan fingerprint density at radius 3 is 2.38 bits per heavy atom. The van der Waals surface area contributed by atoms with E-state index < -0.39 is 18.5 Å². The van der Waals surface area contributed by atoms with Crippen molar-refractivity contribution >= 4 is 41.0 Å². The molecule has 0 spiro atoms. The van der Waals surface area contributed by atoms with Crippen molar-refractivity contribution in [2.45, 2.75) is 0 Å². The third-order valence-electron chi connectivity index (χ3n) is 4.41. The molecule has 0 fully saturated rings. The Morgan fingerprint density at radius 1 is 0.969 bits per heavy atom. The van der Waals surface area contributed by atoms with Crippen molar-refractivity contribution in [2.75, 3.05) is 19.0 Å². The molecular formula is C25H20ClNO5. The topological polar surface area (TPSA) is 81.7 Å². The third-order valence-corrected chi connectivity index (χ3v) is 4.64. The molecule has 0 aliphatic heterocycles. The number of carbonyl (C=O) groups is 3. The molecule has 7 heteroatoms. The molecule has 0 saturated carbocycles. The largest absolute Gasteiger partial charge is 0.497 e. The number of benzene rings is 3. The van der Waals surface area contributed by atoms with Gasteiger partial charge in [0, 0.05) is 22.2 Å². The number of rotatable bonds is 8. The normalized spacial score (nSPS) is 10.6. The molecule has 3 aromatic carbocycles. The Balaban J connectivity index is 1.60. The lowest BCUT2D eigenvalue weighted by Gasteiger charge is -2.11. The van der Waals surface area contributed by atoms with Crippen molar-refractivity contribution in [2.24, 2.45) is 0 Å². The molecular weight excluding hydrogens is 430 g/mol. The Kier molecular flexibility index (Phi) is 7.78. The van der Waals surface area contributed by atoms with Gasteiger partial charge in [-0.05, 0) is 42.0 Å². The number of methoxy groups -OCH3 is 1. The molecule has 6 nitrogen and oxygen atoms in total. The van der Waals surface area contributed by atoms with E-state index in [2.05, 4.69) is 5.32 Å². The highest BCUT2D eigenvalue weighted by molar-refractivity contribution is 6.31. The van der Waals surface area contributed by atoms with E-state index in [1.807, 2.05) is 0 Å². The van der Waals surface area contributed by atoms with Crippen molar-refractivity contribution in [3.05, 3.63) is 101 Å². The standard InChI is InChI=1S/C25H20ClNO5/c1-31-20-11-7-17(8-12-20)9-14-24(29)32-16-23(28)27-22-13-10-19(26)15-21(22)25(30)18-5-3-2-4-6-18/h2-15H,16H2,1H3,(H,27,28)/b14-9+. The third kappa shape index (κ3) is 6.30. The molecule has 0 bridgehead atoms. The van der Waals surface area contributed by atoms with Crippen LogP contribution >= 0.6 is 11.6 Å². The van der Waals surface area contributed by atoms with Crippen LogP contribution < -0.4 is 10.1 Å². The van der Waals surface area contributed by atoms with E-state index in [0.717, 1.165) is 5.56 Å². The summed E-state index contributed by atoms with van der Waals surface area (Å²) < 4.78 is 10.1. The van der Waals surface area contributed by atoms with E-state index in [1.165, 1.54) is 18.2 Å². The fourth-order valence-corrected chi connectivity index (χ4v) is 2.98. The lowest BCUT2D eigenvalue weighted by atomic mass is 10.0. The summed E-state index contributed by atoms with van der Waals surface area (Å²) >= 11 is 6.04. The number of hydrogen-bond donors (Lipinski definition) is 1. The van der Waals surface area contributed by atoms with Crippen LogP contribution in [0.3, 0.4) is 0 Å². The van der Waals surface area contributed by atoms with E-state index >= 15 is 0 Å². The molecule has 3 rings (SSSR count). The summed E-state index contributed by atoms with van der Waals surface area (Å²) in [6.45, 7) is -0.507. The molecule has 0 heterocycles. The van der Waals surface area contributed by atoms with Crippen LogP contribution in [0.25, 0.3) is 6.08 Å². The highest BCUT2D eigenvalue weighted by Crippen LogP contribution is 2.23. The van der Waals surface area contributed by atoms with Gasteiger partial charge in [0.25, 0.3) is 5.91 Å². The quantitative estimate of drug-likeness (QED) is 0.304. The first-order valence-corrected chi connectivity index (χ1v) is 10.0. The maximum atomic E-state index is 12.8. The minimum absolute atomic E-state index is 0.239. The van der Waals surface area contributed by atoms with E-state index in [0.29, 0.717) is 16.3 Å². The Labute approximate surface area is 190 Å². The minimum Gasteiger partial charge on any atom is -0.497 e. The summed E-state index contributed by atoms with van der Waals surface area (Å²) in [5, 5.41) is 2.96. The van der Waals surface area contributed by atoms with Crippen LogP contribution in [0.2, 0.25) is 5.02 Å².